The van der Waals surface area contributed by atoms with Crippen LogP contribution in [0.1, 0.15) is 36.0 Å². The Morgan fingerprint density at radius 1 is 1.12 bits per heavy atom. The summed E-state index contributed by atoms with van der Waals surface area (Å²) in [6, 6.07) is 6.53. The molecule has 1 saturated heterocycles. The van der Waals surface area contributed by atoms with Crippen molar-refractivity contribution in [2.75, 3.05) is 26.2 Å². The van der Waals surface area contributed by atoms with E-state index >= 15 is 0 Å². The van der Waals surface area contributed by atoms with Crippen LogP contribution in [0.5, 0.6) is 5.75 Å². The van der Waals surface area contributed by atoms with E-state index in [2.05, 4.69) is 0 Å². The number of phenolic OH excluding ortho intramolecular Hbond substituents is 1. The van der Waals surface area contributed by atoms with Crippen LogP contribution in [0.4, 0.5) is 0 Å². The molecule has 2 fully saturated rings. The van der Waals surface area contributed by atoms with Gasteiger partial charge in [0.1, 0.15) is 5.75 Å². The van der Waals surface area contributed by atoms with Gasteiger partial charge in [-0.2, -0.15) is 0 Å². The molecular weight excluding hydrogens is 306 g/mol. The molecular formula is C18H25N3O3. The Balaban J connectivity index is 1.52. The maximum Gasteiger partial charge on any atom is 0.254 e. The van der Waals surface area contributed by atoms with E-state index < -0.39 is 0 Å². The Bertz CT molecular complexity index is 611. The van der Waals surface area contributed by atoms with Gasteiger partial charge in [-0.1, -0.05) is 12.5 Å². The summed E-state index contributed by atoms with van der Waals surface area (Å²) in [7, 11) is 0. The Morgan fingerprint density at radius 2 is 1.83 bits per heavy atom. The molecule has 2 atom stereocenters. The van der Waals surface area contributed by atoms with Crippen molar-refractivity contribution in [1.82, 2.24) is 9.80 Å². The molecule has 0 radical (unpaired) electrons. The van der Waals surface area contributed by atoms with Crippen molar-refractivity contribution < 1.29 is 14.7 Å². The molecule has 3 rings (SSSR count). The summed E-state index contributed by atoms with van der Waals surface area (Å²) in [5.74, 6) is 0.449. The van der Waals surface area contributed by atoms with Crippen molar-refractivity contribution in [3.05, 3.63) is 29.8 Å². The Morgan fingerprint density at radius 3 is 2.46 bits per heavy atom. The van der Waals surface area contributed by atoms with Crippen molar-refractivity contribution in [3.8, 4) is 5.75 Å². The highest BCUT2D eigenvalue weighted by atomic mass is 16.3. The zero-order valence-corrected chi connectivity index (χ0v) is 13.9. The van der Waals surface area contributed by atoms with E-state index in [4.69, 9.17) is 5.73 Å². The van der Waals surface area contributed by atoms with Crippen molar-refractivity contribution in [2.24, 2.45) is 11.7 Å². The first kappa shape index (κ1) is 16.8. The van der Waals surface area contributed by atoms with Crippen LogP contribution in [-0.4, -0.2) is 58.9 Å². The van der Waals surface area contributed by atoms with Gasteiger partial charge >= 0.3 is 0 Å². The first-order valence-corrected chi connectivity index (χ1v) is 8.66. The second-order valence-corrected chi connectivity index (χ2v) is 6.78. The Labute approximate surface area is 142 Å². The number of piperazine rings is 1. The van der Waals surface area contributed by atoms with Gasteiger partial charge in [-0.15, -0.1) is 0 Å². The lowest BCUT2D eigenvalue weighted by Crippen LogP contribution is -2.51. The van der Waals surface area contributed by atoms with Crippen molar-refractivity contribution in [1.29, 1.82) is 0 Å². The van der Waals surface area contributed by atoms with E-state index in [1.807, 2.05) is 4.90 Å². The number of amides is 2. The second-order valence-electron chi connectivity index (χ2n) is 6.78. The number of carbonyl (C=O) groups excluding carboxylic acids is 2. The average molecular weight is 331 g/mol. The number of hydrogen-bond acceptors (Lipinski definition) is 4. The molecule has 6 nitrogen and oxygen atoms in total. The zero-order chi connectivity index (χ0) is 17.1. The van der Waals surface area contributed by atoms with E-state index in [0.717, 1.165) is 19.3 Å². The van der Waals surface area contributed by atoms with E-state index in [9.17, 15) is 14.7 Å². The predicted molar refractivity (Wildman–Crippen MR) is 90.5 cm³/mol. The van der Waals surface area contributed by atoms with Crippen LogP contribution in [0.3, 0.4) is 0 Å². The van der Waals surface area contributed by atoms with E-state index in [0.29, 0.717) is 44.1 Å². The number of nitrogens with zero attached hydrogens (tertiary/aromatic N) is 2. The first-order chi connectivity index (χ1) is 11.5. The third-order valence-electron chi connectivity index (χ3n) is 5.17. The molecule has 6 heteroatoms. The van der Waals surface area contributed by atoms with Crippen LogP contribution >= 0.6 is 0 Å². The van der Waals surface area contributed by atoms with Crippen molar-refractivity contribution in [3.63, 3.8) is 0 Å². The summed E-state index contributed by atoms with van der Waals surface area (Å²) >= 11 is 0. The molecule has 1 aliphatic carbocycles. The van der Waals surface area contributed by atoms with Crippen molar-refractivity contribution >= 4 is 11.8 Å². The summed E-state index contributed by atoms with van der Waals surface area (Å²) < 4.78 is 0. The average Bonchev–Trinajstić information content (AvgIpc) is 2.99. The Kier molecular flexibility index (Phi) is 5.04. The molecule has 0 bridgehead atoms. The van der Waals surface area contributed by atoms with Gasteiger partial charge < -0.3 is 20.6 Å². The van der Waals surface area contributed by atoms with Gasteiger partial charge in [0.2, 0.25) is 5.91 Å². The summed E-state index contributed by atoms with van der Waals surface area (Å²) in [6.07, 6.45) is 3.71. The highest BCUT2D eigenvalue weighted by Gasteiger charge is 2.30. The maximum absolute atomic E-state index is 12.4. The standard InChI is InChI=1S/C18H25N3O3/c19-16-6-2-3-13(16)12-17(23)20-7-9-21(10-8-20)18(24)14-4-1-5-15(22)11-14/h1,4-5,11,13,16,22H,2-3,6-10,12,19H2/t13-,16+/m0/s1. The fourth-order valence-electron chi connectivity index (χ4n) is 3.65. The van der Waals surface area contributed by atoms with Crippen LogP contribution in [-0.2, 0) is 4.79 Å². The van der Waals surface area contributed by atoms with Gasteiger partial charge in [0.05, 0.1) is 0 Å². The summed E-state index contributed by atoms with van der Waals surface area (Å²) in [6.45, 7) is 2.17. The lowest BCUT2D eigenvalue weighted by molar-refractivity contribution is -0.133. The van der Waals surface area contributed by atoms with Gasteiger partial charge in [-0.25, -0.2) is 0 Å². The molecule has 2 aliphatic rings. The molecule has 0 aromatic heterocycles. The molecule has 1 heterocycles. The molecule has 0 spiro atoms. The number of rotatable bonds is 3. The molecule has 1 aromatic rings. The highest BCUT2D eigenvalue weighted by Crippen LogP contribution is 2.27. The van der Waals surface area contributed by atoms with Crippen LogP contribution in [0.25, 0.3) is 0 Å². The van der Waals surface area contributed by atoms with E-state index in [1.165, 1.54) is 6.07 Å². The van der Waals surface area contributed by atoms with E-state index in [-0.39, 0.29) is 23.6 Å². The third kappa shape index (κ3) is 3.70. The van der Waals surface area contributed by atoms with Gasteiger partial charge in [-0.05, 0) is 37.0 Å². The number of phenols is 1. The summed E-state index contributed by atoms with van der Waals surface area (Å²) in [4.78, 5) is 28.5. The number of benzene rings is 1. The quantitative estimate of drug-likeness (QED) is 0.871. The minimum absolute atomic E-state index is 0.0857. The zero-order valence-electron chi connectivity index (χ0n) is 13.9. The molecule has 0 unspecified atom stereocenters. The minimum atomic E-state index is -0.101. The van der Waals surface area contributed by atoms with Gasteiger partial charge in [0.25, 0.3) is 5.91 Å². The predicted octanol–water partition coefficient (Wildman–Crippen LogP) is 1.19. The van der Waals surface area contributed by atoms with Crippen LogP contribution in [0, 0.1) is 5.92 Å². The Hall–Kier alpha value is -2.08. The van der Waals surface area contributed by atoms with Crippen molar-refractivity contribution in [2.45, 2.75) is 31.7 Å². The lowest BCUT2D eigenvalue weighted by atomic mass is 9.99. The summed E-state index contributed by atoms with van der Waals surface area (Å²) in [5.41, 5.74) is 6.53. The molecule has 1 saturated carbocycles. The van der Waals surface area contributed by atoms with Gasteiger partial charge in [-0.3, -0.25) is 9.59 Å². The van der Waals surface area contributed by atoms with Gasteiger partial charge in [0, 0.05) is 44.2 Å². The van der Waals surface area contributed by atoms with Crippen LogP contribution in [0.15, 0.2) is 24.3 Å². The molecule has 1 aliphatic heterocycles. The largest absolute Gasteiger partial charge is 0.508 e. The highest BCUT2D eigenvalue weighted by molar-refractivity contribution is 5.94. The molecule has 2 amide bonds. The number of hydrogen-bond donors (Lipinski definition) is 2. The molecule has 3 N–H and O–H groups in total. The fourth-order valence-corrected chi connectivity index (χ4v) is 3.65. The maximum atomic E-state index is 12.4. The number of nitrogens with two attached hydrogens (primary N) is 1. The minimum Gasteiger partial charge on any atom is -0.508 e. The van der Waals surface area contributed by atoms with Crippen LogP contribution in [0.2, 0.25) is 0 Å². The fraction of sp³-hybridized carbons (Fsp3) is 0.556. The van der Waals surface area contributed by atoms with E-state index in [1.54, 1.807) is 23.1 Å². The van der Waals surface area contributed by atoms with Crippen LogP contribution < -0.4 is 5.73 Å². The third-order valence-corrected chi connectivity index (χ3v) is 5.17. The SMILES string of the molecule is N[C@@H]1CCC[C@H]1CC(=O)N1CCN(C(=O)c2cccc(O)c2)CC1. The lowest BCUT2D eigenvalue weighted by Gasteiger charge is -2.35. The van der Waals surface area contributed by atoms with Gasteiger partial charge in [0.15, 0.2) is 0 Å². The molecule has 1 aromatic carbocycles. The smallest absolute Gasteiger partial charge is 0.254 e. The monoisotopic (exact) mass is 331 g/mol. The number of carbonyl (C=O) groups is 2. The summed E-state index contributed by atoms with van der Waals surface area (Å²) in [5, 5.41) is 9.50. The first-order valence-electron chi connectivity index (χ1n) is 8.66. The number of aromatic hydroxyl groups is 1. The molecule has 24 heavy (non-hydrogen) atoms. The topological polar surface area (TPSA) is 86.9 Å². The second kappa shape index (κ2) is 7.21. The normalized spacial score (nSPS) is 24.2. The molecule has 130 valence electrons.